The lowest BCUT2D eigenvalue weighted by Gasteiger charge is -2.18. The number of carbonyl (C=O) groups is 1. The fraction of sp³-hybridized carbons (Fsp3) is 0.900. The van der Waals surface area contributed by atoms with Crippen molar-refractivity contribution in [3.63, 3.8) is 0 Å². The van der Waals surface area contributed by atoms with Gasteiger partial charge in [-0.2, -0.15) is 0 Å². The number of ether oxygens (including phenoxy) is 3. The molecule has 0 radical (unpaired) electrons. The van der Waals surface area contributed by atoms with Gasteiger partial charge in [0, 0.05) is 6.42 Å². The number of esters is 1. The molecule has 0 aromatic carbocycles. The van der Waals surface area contributed by atoms with E-state index in [1.165, 1.54) is 7.11 Å². The van der Waals surface area contributed by atoms with Crippen LogP contribution in [0.4, 0.5) is 0 Å². The van der Waals surface area contributed by atoms with Crippen LogP contribution in [0, 0.1) is 0 Å². The van der Waals surface area contributed by atoms with E-state index < -0.39 is 17.9 Å². The number of carbonyl (C=O) groups excluding carboxylic acids is 1. The zero-order chi connectivity index (χ0) is 11.5. The predicted octanol–water partition coefficient (Wildman–Crippen LogP) is 0.452. The van der Waals surface area contributed by atoms with Crippen molar-refractivity contribution < 1.29 is 24.1 Å². The number of hydrogen-bond donors (Lipinski definition) is 1. The molecular formula is C10H18O5. The molecule has 15 heavy (non-hydrogen) atoms. The Hall–Kier alpha value is -0.650. The average Bonchev–Trinajstić information content (AvgIpc) is 2.44. The Morgan fingerprint density at radius 1 is 1.67 bits per heavy atom. The Kier molecular flexibility index (Phi) is 4.07. The quantitative estimate of drug-likeness (QED) is 0.694. The third-order valence-corrected chi connectivity index (χ3v) is 2.23. The lowest BCUT2D eigenvalue weighted by molar-refractivity contribution is -0.146. The Balaban J connectivity index is 2.27. The van der Waals surface area contributed by atoms with Crippen LogP contribution >= 0.6 is 0 Å². The molecule has 1 aliphatic heterocycles. The first-order valence-corrected chi connectivity index (χ1v) is 4.99. The summed E-state index contributed by atoms with van der Waals surface area (Å²) in [6, 6.07) is 0. The maximum Gasteiger partial charge on any atom is 0.308 e. The van der Waals surface area contributed by atoms with Gasteiger partial charge < -0.3 is 19.3 Å². The Bertz CT molecular complexity index is 226. The molecule has 1 rings (SSSR count). The van der Waals surface area contributed by atoms with Gasteiger partial charge in [0.2, 0.25) is 0 Å². The molecular weight excluding hydrogens is 200 g/mol. The summed E-state index contributed by atoms with van der Waals surface area (Å²) in [5, 5.41) is 9.54. The molecule has 0 aliphatic carbocycles. The summed E-state index contributed by atoms with van der Waals surface area (Å²) in [5.41, 5.74) is 0. The molecule has 2 atom stereocenters. The maximum atomic E-state index is 10.9. The minimum absolute atomic E-state index is 0.00319. The monoisotopic (exact) mass is 218 g/mol. The number of aliphatic hydroxyl groups is 1. The van der Waals surface area contributed by atoms with Crippen molar-refractivity contribution in [1.82, 2.24) is 0 Å². The summed E-state index contributed by atoms with van der Waals surface area (Å²) in [7, 11) is 1.30. The standard InChI is InChI=1S/C10H18O5/c1-10(2)14-6-8(15-10)4-7(11)5-9(12)13-3/h7-8,11H,4-6H2,1-3H3/t7-,8-/m0/s1. The second-order valence-electron chi connectivity index (χ2n) is 4.12. The van der Waals surface area contributed by atoms with Gasteiger partial charge in [-0.25, -0.2) is 0 Å². The summed E-state index contributed by atoms with van der Waals surface area (Å²) < 4.78 is 15.3. The highest BCUT2D eigenvalue weighted by Crippen LogP contribution is 2.25. The van der Waals surface area contributed by atoms with Crippen LogP contribution in [0.1, 0.15) is 26.7 Å². The Morgan fingerprint density at radius 2 is 2.33 bits per heavy atom. The lowest BCUT2D eigenvalue weighted by Crippen LogP contribution is -2.25. The third kappa shape index (κ3) is 4.15. The van der Waals surface area contributed by atoms with E-state index in [1.807, 2.05) is 13.8 Å². The predicted molar refractivity (Wildman–Crippen MR) is 52.2 cm³/mol. The molecule has 0 bridgehead atoms. The highest BCUT2D eigenvalue weighted by Gasteiger charge is 2.33. The molecule has 88 valence electrons. The molecule has 0 aromatic heterocycles. The minimum atomic E-state index is -0.736. The molecule has 0 saturated carbocycles. The number of aliphatic hydroxyl groups excluding tert-OH is 1. The average molecular weight is 218 g/mol. The molecule has 1 heterocycles. The van der Waals surface area contributed by atoms with Crippen molar-refractivity contribution in [1.29, 1.82) is 0 Å². The molecule has 0 amide bonds. The van der Waals surface area contributed by atoms with E-state index in [2.05, 4.69) is 4.74 Å². The second-order valence-corrected chi connectivity index (χ2v) is 4.12. The number of hydrogen-bond acceptors (Lipinski definition) is 5. The van der Waals surface area contributed by atoms with Crippen LogP contribution in [0.5, 0.6) is 0 Å². The van der Waals surface area contributed by atoms with Gasteiger partial charge in [0.15, 0.2) is 5.79 Å². The first-order valence-electron chi connectivity index (χ1n) is 4.99. The molecule has 0 aromatic rings. The van der Waals surface area contributed by atoms with Crippen LogP contribution in [-0.4, -0.2) is 42.8 Å². The summed E-state index contributed by atoms with van der Waals surface area (Å²) >= 11 is 0. The summed E-state index contributed by atoms with van der Waals surface area (Å²) in [6.07, 6.45) is -0.505. The summed E-state index contributed by atoms with van der Waals surface area (Å²) in [5.74, 6) is -1.00. The molecule has 0 unspecified atom stereocenters. The molecule has 5 nitrogen and oxygen atoms in total. The zero-order valence-corrected chi connectivity index (χ0v) is 9.36. The van der Waals surface area contributed by atoms with Gasteiger partial charge in [-0.3, -0.25) is 4.79 Å². The first kappa shape index (κ1) is 12.4. The molecule has 1 fully saturated rings. The van der Waals surface area contributed by atoms with E-state index in [0.717, 1.165) is 0 Å². The van der Waals surface area contributed by atoms with Crippen molar-refractivity contribution in [2.45, 2.75) is 44.7 Å². The van der Waals surface area contributed by atoms with E-state index in [9.17, 15) is 9.90 Å². The van der Waals surface area contributed by atoms with Gasteiger partial charge in [0.05, 0.1) is 32.3 Å². The lowest BCUT2D eigenvalue weighted by atomic mass is 10.1. The van der Waals surface area contributed by atoms with Crippen LogP contribution in [0.15, 0.2) is 0 Å². The van der Waals surface area contributed by atoms with Gasteiger partial charge in [0.25, 0.3) is 0 Å². The van der Waals surface area contributed by atoms with Gasteiger partial charge in [-0.15, -0.1) is 0 Å². The first-order chi connectivity index (χ1) is 6.93. The number of methoxy groups -OCH3 is 1. The Labute approximate surface area is 89.3 Å². The molecule has 5 heteroatoms. The molecule has 1 saturated heterocycles. The zero-order valence-electron chi connectivity index (χ0n) is 9.36. The van der Waals surface area contributed by atoms with Gasteiger partial charge in [-0.05, 0) is 13.8 Å². The van der Waals surface area contributed by atoms with Crippen LogP contribution < -0.4 is 0 Å². The fourth-order valence-corrected chi connectivity index (χ4v) is 1.54. The summed E-state index contributed by atoms with van der Waals surface area (Å²) in [4.78, 5) is 10.9. The van der Waals surface area contributed by atoms with E-state index in [-0.39, 0.29) is 12.5 Å². The SMILES string of the molecule is COC(=O)C[C@@H](O)C[C@H]1COC(C)(C)O1. The highest BCUT2D eigenvalue weighted by atomic mass is 16.7. The summed E-state index contributed by atoms with van der Waals surface area (Å²) in [6.45, 7) is 4.09. The van der Waals surface area contributed by atoms with Crippen LogP contribution in [0.3, 0.4) is 0 Å². The van der Waals surface area contributed by atoms with Crippen LogP contribution in [0.2, 0.25) is 0 Å². The van der Waals surface area contributed by atoms with E-state index in [4.69, 9.17) is 9.47 Å². The number of rotatable bonds is 4. The molecule has 0 spiro atoms. The van der Waals surface area contributed by atoms with Crippen LogP contribution in [0.25, 0.3) is 0 Å². The second kappa shape index (κ2) is 4.92. The van der Waals surface area contributed by atoms with Gasteiger partial charge >= 0.3 is 5.97 Å². The largest absolute Gasteiger partial charge is 0.469 e. The van der Waals surface area contributed by atoms with Crippen molar-refractivity contribution in [3.8, 4) is 0 Å². The van der Waals surface area contributed by atoms with Crippen molar-refractivity contribution in [3.05, 3.63) is 0 Å². The molecule has 1 aliphatic rings. The molecule has 1 N–H and O–H groups in total. The van der Waals surface area contributed by atoms with E-state index in [1.54, 1.807) is 0 Å². The van der Waals surface area contributed by atoms with E-state index in [0.29, 0.717) is 13.0 Å². The Morgan fingerprint density at radius 3 is 2.80 bits per heavy atom. The minimum Gasteiger partial charge on any atom is -0.469 e. The maximum absolute atomic E-state index is 10.9. The van der Waals surface area contributed by atoms with Crippen molar-refractivity contribution >= 4 is 5.97 Å². The fourth-order valence-electron chi connectivity index (χ4n) is 1.54. The van der Waals surface area contributed by atoms with Crippen molar-refractivity contribution in [2.24, 2.45) is 0 Å². The normalized spacial score (nSPS) is 26.3. The van der Waals surface area contributed by atoms with E-state index >= 15 is 0 Å². The van der Waals surface area contributed by atoms with Crippen molar-refractivity contribution in [2.75, 3.05) is 13.7 Å². The van der Waals surface area contributed by atoms with Gasteiger partial charge in [-0.1, -0.05) is 0 Å². The topological polar surface area (TPSA) is 65.0 Å². The third-order valence-electron chi connectivity index (χ3n) is 2.23. The van der Waals surface area contributed by atoms with Crippen LogP contribution in [-0.2, 0) is 19.0 Å². The van der Waals surface area contributed by atoms with Gasteiger partial charge in [0.1, 0.15) is 0 Å². The smallest absolute Gasteiger partial charge is 0.308 e. The highest BCUT2D eigenvalue weighted by molar-refractivity contribution is 5.69.